The molecular formula is C8H10N2O2S. The minimum Gasteiger partial charge on any atom is -0.329 e. The molecule has 13 heavy (non-hydrogen) atoms. The summed E-state index contributed by atoms with van der Waals surface area (Å²) in [6, 6.07) is 0. The van der Waals surface area contributed by atoms with Gasteiger partial charge in [-0.25, -0.2) is 0 Å². The number of carbonyl (C=O) groups is 1. The third-order valence-corrected chi connectivity index (χ3v) is 2.28. The normalized spacial score (nSPS) is 10.0. The van der Waals surface area contributed by atoms with Crippen molar-refractivity contribution in [2.75, 3.05) is 0 Å². The lowest BCUT2D eigenvalue weighted by molar-refractivity contribution is 0.111. The Labute approximate surface area is 80.2 Å². The number of nitrogens with zero attached hydrogens (tertiary/aromatic N) is 1. The van der Waals surface area contributed by atoms with Gasteiger partial charge in [0, 0.05) is 12.6 Å². The van der Waals surface area contributed by atoms with E-state index >= 15 is 0 Å². The van der Waals surface area contributed by atoms with Crippen molar-refractivity contribution in [1.82, 2.24) is 9.55 Å². The molecule has 0 radical (unpaired) electrons. The highest BCUT2D eigenvalue weighted by molar-refractivity contribution is 7.71. The minimum atomic E-state index is -0.201. The Morgan fingerprint density at radius 3 is 2.69 bits per heavy atom. The van der Waals surface area contributed by atoms with Crippen LogP contribution in [0.25, 0.3) is 0 Å². The number of hydrogen-bond donors (Lipinski definition) is 1. The molecule has 0 bridgehead atoms. The number of H-pyrrole nitrogens is 1. The molecule has 0 aliphatic rings. The Kier molecular flexibility index (Phi) is 2.77. The molecule has 0 aliphatic carbocycles. The Hall–Kier alpha value is -1.23. The fourth-order valence-corrected chi connectivity index (χ4v) is 1.32. The number of nitrogens with one attached hydrogen (secondary N) is 1. The quantitative estimate of drug-likeness (QED) is 0.565. The topological polar surface area (TPSA) is 54.9 Å². The van der Waals surface area contributed by atoms with Crippen LogP contribution in [0.4, 0.5) is 0 Å². The van der Waals surface area contributed by atoms with Crippen molar-refractivity contribution in [3.8, 4) is 0 Å². The molecule has 0 amide bonds. The monoisotopic (exact) mass is 198 g/mol. The Bertz CT molecular complexity index is 444. The van der Waals surface area contributed by atoms with E-state index in [1.807, 2.05) is 6.92 Å². The summed E-state index contributed by atoms with van der Waals surface area (Å²) in [4.78, 5) is 24.8. The summed E-state index contributed by atoms with van der Waals surface area (Å²) in [6.07, 6.45) is 1.14. The van der Waals surface area contributed by atoms with Gasteiger partial charge in [-0.1, -0.05) is 6.92 Å². The van der Waals surface area contributed by atoms with Crippen LogP contribution >= 0.6 is 12.2 Å². The smallest absolute Gasteiger partial charge is 0.257 e. The summed E-state index contributed by atoms with van der Waals surface area (Å²) < 4.78 is 1.59. The fourth-order valence-electron chi connectivity index (χ4n) is 1.13. The maximum absolute atomic E-state index is 11.5. The third-order valence-electron chi connectivity index (χ3n) is 1.91. The Morgan fingerprint density at radius 1 is 1.62 bits per heavy atom. The first kappa shape index (κ1) is 9.85. The van der Waals surface area contributed by atoms with Crippen molar-refractivity contribution in [1.29, 1.82) is 0 Å². The average molecular weight is 198 g/mol. The lowest BCUT2D eigenvalue weighted by Crippen LogP contribution is -2.24. The van der Waals surface area contributed by atoms with Crippen molar-refractivity contribution >= 4 is 18.5 Å². The fraction of sp³-hybridized carbons (Fsp3) is 0.375. The van der Waals surface area contributed by atoms with E-state index in [0.29, 0.717) is 18.3 Å². The molecule has 0 aliphatic heterocycles. The molecule has 0 saturated carbocycles. The van der Waals surface area contributed by atoms with Gasteiger partial charge >= 0.3 is 0 Å². The number of carbonyl (C=O) groups excluding carboxylic acids is 1. The number of hydrogen-bond acceptors (Lipinski definition) is 3. The van der Waals surface area contributed by atoms with E-state index in [0.717, 1.165) is 0 Å². The second kappa shape index (κ2) is 3.66. The van der Waals surface area contributed by atoms with Crippen molar-refractivity contribution < 1.29 is 4.79 Å². The van der Waals surface area contributed by atoms with Gasteiger partial charge in [-0.3, -0.25) is 14.2 Å². The van der Waals surface area contributed by atoms with E-state index in [4.69, 9.17) is 12.2 Å². The largest absolute Gasteiger partial charge is 0.329 e. The first-order valence-corrected chi connectivity index (χ1v) is 4.30. The molecule has 0 atom stereocenters. The predicted octanol–water partition coefficient (Wildman–Crippen LogP) is 0.818. The number of aldehydes is 1. The highest BCUT2D eigenvalue weighted by Crippen LogP contribution is 1.97. The molecule has 0 unspecified atom stereocenters. The maximum atomic E-state index is 11.5. The van der Waals surface area contributed by atoms with Crippen molar-refractivity contribution in [3.05, 3.63) is 26.4 Å². The van der Waals surface area contributed by atoms with Gasteiger partial charge < -0.3 is 4.98 Å². The Morgan fingerprint density at radius 2 is 2.23 bits per heavy atom. The van der Waals surface area contributed by atoms with E-state index < -0.39 is 0 Å². The molecule has 0 aromatic carbocycles. The van der Waals surface area contributed by atoms with Crippen LogP contribution in [-0.2, 0) is 13.5 Å². The van der Waals surface area contributed by atoms with Gasteiger partial charge in [0.1, 0.15) is 0 Å². The molecule has 70 valence electrons. The number of aromatic nitrogens is 2. The summed E-state index contributed by atoms with van der Waals surface area (Å²) in [6.45, 7) is 1.82. The summed E-state index contributed by atoms with van der Waals surface area (Å²) in [5.74, 6) is 0. The van der Waals surface area contributed by atoms with Crippen molar-refractivity contribution in [2.24, 2.45) is 7.05 Å². The van der Waals surface area contributed by atoms with Gasteiger partial charge in [0.15, 0.2) is 11.1 Å². The number of aromatic amines is 1. The van der Waals surface area contributed by atoms with Gasteiger partial charge in [-0.05, 0) is 18.6 Å². The van der Waals surface area contributed by atoms with Gasteiger partial charge in [-0.2, -0.15) is 0 Å². The maximum Gasteiger partial charge on any atom is 0.257 e. The summed E-state index contributed by atoms with van der Waals surface area (Å²) >= 11 is 4.85. The van der Waals surface area contributed by atoms with E-state index in [1.54, 1.807) is 7.05 Å². The Balaban J connectivity index is 3.68. The lowest BCUT2D eigenvalue weighted by atomic mass is 10.2. The van der Waals surface area contributed by atoms with Crippen LogP contribution in [0.3, 0.4) is 0 Å². The molecule has 1 N–H and O–H groups in total. The third kappa shape index (κ3) is 1.60. The molecular weight excluding hydrogens is 188 g/mol. The first-order valence-electron chi connectivity index (χ1n) is 3.89. The first-order chi connectivity index (χ1) is 6.11. The van der Waals surface area contributed by atoms with Crippen LogP contribution < -0.4 is 5.56 Å². The van der Waals surface area contributed by atoms with Crippen molar-refractivity contribution in [3.63, 3.8) is 0 Å². The standard InChI is InChI=1S/C8H10N2O2S/c1-3-5-6(4-11)9-8(13)10(2)7(5)12/h4H,3H2,1-2H3,(H,9,13). The van der Waals surface area contributed by atoms with Gasteiger partial charge in [-0.15, -0.1) is 0 Å². The van der Waals surface area contributed by atoms with Gasteiger partial charge in [0.05, 0.1) is 5.69 Å². The summed E-state index contributed by atoms with van der Waals surface area (Å²) in [5, 5.41) is 0. The van der Waals surface area contributed by atoms with Crippen LogP contribution in [0.5, 0.6) is 0 Å². The highest BCUT2D eigenvalue weighted by atomic mass is 32.1. The van der Waals surface area contributed by atoms with E-state index in [9.17, 15) is 9.59 Å². The molecule has 1 aromatic heterocycles. The van der Waals surface area contributed by atoms with Gasteiger partial charge in [0.2, 0.25) is 0 Å². The molecule has 0 fully saturated rings. The van der Waals surface area contributed by atoms with Crippen molar-refractivity contribution in [2.45, 2.75) is 13.3 Å². The second-order valence-electron chi connectivity index (χ2n) is 2.66. The SMILES string of the molecule is CCc1c(C=O)[nH]c(=S)n(C)c1=O. The zero-order chi connectivity index (χ0) is 10.0. The predicted molar refractivity (Wildman–Crippen MR) is 51.6 cm³/mol. The zero-order valence-corrected chi connectivity index (χ0v) is 8.27. The van der Waals surface area contributed by atoms with Crippen LogP contribution in [0.2, 0.25) is 0 Å². The molecule has 0 saturated heterocycles. The molecule has 1 aromatic rings. The van der Waals surface area contributed by atoms with E-state index in [-0.39, 0.29) is 16.0 Å². The van der Waals surface area contributed by atoms with Crippen LogP contribution in [0.1, 0.15) is 23.0 Å². The molecule has 5 heteroatoms. The summed E-state index contributed by atoms with van der Waals surface area (Å²) in [7, 11) is 1.58. The van der Waals surface area contributed by atoms with E-state index in [2.05, 4.69) is 4.98 Å². The highest BCUT2D eigenvalue weighted by Gasteiger charge is 2.07. The average Bonchev–Trinajstić information content (AvgIpc) is 2.13. The van der Waals surface area contributed by atoms with Crippen LogP contribution in [0.15, 0.2) is 4.79 Å². The lowest BCUT2D eigenvalue weighted by Gasteiger charge is -2.04. The molecule has 1 heterocycles. The molecule has 4 nitrogen and oxygen atoms in total. The van der Waals surface area contributed by atoms with E-state index in [1.165, 1.54) is 4.57 Å². The minimum absolute atomic E-state index is 0.201. The second-order valence-corrected chi connectivity index (χ2v) is 3.04. The zero-order valence-electron chi connectivity index (χ0n) is 7.46. The van der Waals surface area contributed by atoms with Crippen LogP contribution in [0, 0.1) is 4.77 Å². The summed E-state index contributed by atoms with van der Waals surface area (Å²) in [5.41, 5.74) is 0.565. The molecule has 0 spiro atoms. The number of rotatable bonds is 2. The molecule has 1 rings (SSSR count). The van der Waals surface area contributed by atoms with Gasteiger partial charge in [0.25, 0.3) is 5.56 Å². The van der Waals surface area contributed by atoms with Crippen LogP contribution in [-0.4, -0.2) is 15.8 Å².